The Morgan fingerprint density at radius 2 is 1.62 bits per heavy atom. The molecule has 0 radical (unpaired) electrons. The van der Waals surface area contributed by atoms with Gasteiger partial charge in [-0.15, -0.1) is 0 Å². The monoisotopic (exact) mass is 348 g/mol. The van der Waals surface area contributed by atoms with Crippen molar-refractivity contribution in [3.05, 3.63) is 59.7 Å². The number of benzene rings is 2. The number of amides is 3. The molecule has 0 fully saturated rings. The third kappa shape index (κ3) is 2.54. The van der Waals surface area contributed by atoms with Crippen LogP contribution >= 0.6 is 0 Å². The van der Waals surface area contributed by atoms with E-state index in [-0.39, 0.29) is 30.7 Å². The van der Waals surface area contributed by atoms with Crippen molar-refractivity contribution >= 4 is 34.7 Å². The Bertz CT molecular complexity index is 1020. The zero-order valence-electron chi connectivity index (χ0n) is 14.1. The number of rotatable bonds is 4. The summed E-state index contributed by atoms with van der Waals surface area (Å²) in [6.07, 6.45) is 0.00860. The highest BCUT2D eigenvalue weighted by molar-refractivity contribution is 6.21. The molecule has 2 heterocycles. The summed E-state index contributed by atoms with van der Waals surface area (Å²) in [4.78, 5) is 42.4. The van der Waals surface area contributed by atoms with Crippen LogP contribution in [0, 0.1) is 0 Å². The molecule has 4 rings (SSSR count). The lowest BCUT2D eigenvalue weighted by atomic mass is 10.1. The maximum Gasteiger partial charge on any atom is 0.261 e. The number of para-hydroxylation sites is 2. The van der Waals surface area contributed by atoms with Gasteiger partial charge in [0.25, 0.3) is 11.8 Å². The van der Waals surface area contributed by atoms with Gasteiger partial charge in [0.15, 0.2) is 0 Å². The molecule has 0 atom stereocenters. The Morgan fingerprint density at radius 3 is 2.27 bits per heavy atom. The van der Waals surface area contributed by atoms with Crippen molar-refractivity contribution in [2.45, 2.75) is 6.42 Å². The topological polar surface area (TPSA) is 84.3 Å². The van der Waals surface area contributed by atoms with Crippen molar-refractivity contribution < 1.29 is 14.4 Å². The van der Waals surface area contributed by atoms with Gasteiger partial charge in [-0.25, -0.2) is 4.98 Å². The van der Waals surface area contributed by atoms with Gasteiger partial charge < -0.3 is 4.57 Å². The van der Waals surface area contributed by atoms with Gasteiger partial charge in [0.2, 0.25) is 11.9 Å². The van der Waals surface area contributed by atoms with Crippen molar-refractivity contribution in [1.82, 2.24) is 14.5 Å². The van der Waals surface area contributed by atoms with Crippen LogP contribution in [0.5, 0.6) is 0 Å². The van der Waals surface area contributed by atoms with Gasteiger partial charge in [0, 0.05) is 20.0 Å². The molecule has 26 heavy (non-hydrogen) atoms. The minimum absolute atomic E-state index is 0.00860. The van der Waals surface area contributed by atoms with Crippen LogP contribution in [0.2, 0.25) is 0 Å². The Morgan fingerprint density at radius 1 is 1.00 bits per heavy atom. The fourth-order valence-corrected chi connectivity index (χ4v) is 3.10. The number of aryl methyl sites for hydroxylation is 1. The van der Waals surface area contributed by atoms with Gasteiger partial charge in [-0.3, -0.25) is 24.6 Å². The molecule has 1 aliphatic rings. The molecule has 1 N–H and O–H groups in total. The number of imidazole rings is 1. The number of anilines is 1. The molecule has 7 nitrogen and oxygen atoms in total. The molecule has 130 valence electrons. The van der Waals surface area contributed by atoms with E-state index in [1.54, 1.807) is 28.8 Å². The van der Waals surface area contributed by atoms with Crippen molar-refractivity contribution in [3.63, 3.8) is 0 Å². The van der Waals surface area contributed by atoms with E-state index in [1.807, 2.05) is 31.3 Å². The molecule has 0 saturated carbocycles. The normalized spacial score (nSPS) is 13.3. The predicted octanol–water partition coefficient (Wildman–Crippen LogP) is 2.20. The lowest BCUT2D eigenvalue weighted by Gasteiger charge is -2.13. The molecule has 1 aromatic heterocycles. The first-order chi connectivity index (χ1) is 12.6. The molecule has 3 amide bonds. The lowest BCUT2D eigenvalue weighted by Crippen LogP contribution is -2.33. The molecule has 7 heteroatoms. The Hall–Kier alpha value is -3.48. The number of hydrogen-bond donors (Lipinski definition) is 1. The van der Waals surface area contributed by atoms with E-state index < -0.39 is 0 Å². The quantitative estimate of drug-likeness (QED) is 0.733. The molecule has 1 aliphatic heterocycles. The minimum Gasteiger partial charge on any atom is -0.313 e. The fraction of sp³-hybridized carbons (Fsp3) is 0.158. The van der Waals surface area contributed by atoms with E-state index in [0.717, 1.165) is 15.9 Å². The van der Waals surface area contributed by atoms with Crippen LogP contribution in [0.1, 0.15) is 27.1 Å². The maximum atomic E-state index is 12.3. The fourth-order valence-electron chi connectivity index (χ4n) is 3.10. The highest BCUT2D eigenvalue weighted by atomic mass is 16.2. The average Bonchev–Trinajstić information content (AvgIpc) is 3.09. The largest absolute Gasteiger partial charge is 0.313 e. The summed E-state index contributed by atoms with van der Waals surface area (Å²) in [5, 5.41) is 2.74. The van der Waals surface area contributed by atoms with Gasteiger partial charge in [-0.1, -0.05) is 24.3 Å². The molecule has 2 aromatic carbocycles. The Labute approximate surface area is 149 Å². The second-order valence-corrected chi connectivity index (χ2v) is 6.09. The van der Waals surface area contributed by atoms with Gasteiger partial charge in [-0.2, -0.15) is 0 Å². The minimum atomic E-state index is -0.360. The number of nitrogens with zero attached hydrogens (tertiary/aromatic N) is 3. The molecular formula is C19H16N4O3. The molecule has 0 bridgehead atoms. The van der Waals surface area contributed by atoms with Crippen LogP contribution < -0.4 is 5.32 Å². The standard InChI is InChI=1S/C19H16N4O3/c1-22-15-9-5-4-8-14(15)20-19(22)21-16(24)10-11-23-17(25)12-6-2-3-7-13(12)18(23)26/h2-9H,10-11H2,1H3,(H,20,21,24). The summed E-state index contributed by atoms with van der Waals surface area (Å²) in [7, 11) is 1.81. The molecule has 0 aliphatic carbocycles. The van der Waals surface area contributed by atoms with Crippen LogP contribution in [0.3, 0.4) is 0 Å². The van der Waals surface area contributed by atoms with Crippen molar-refractivity contribution in [1.29, 1.82) is 0 Å². The van der Waals surface area contributed by atoms with Gasteiger partial charge >= 0.3 is 0 Å². The summed E-state index contributed by atoms with van der Waals surface area (Å²) < 4.78 is 1.79. The first-order valence-corrected chi connectivity index (χ1v) is 8.23. The molecule has 0 saturated heterocycles. The number of carbonyl (C=O) groups is 3. The lowest BCUT2D eigenvalue weighted by molar-refractivity contribution is -0.116. The van der Waals surface area contributed by atoms with Crippen LogP contribution in [0.15, 0.2) is 48.5 Å². The second-order valence-electron chi connectivity index (χ2n) is 6.09. The van der Waals surface area contributed by atoms with Crippen molar-refractivity contribution in [2.75, 3.05) is 11.9 Å². The number of imide groups is 1. The number of hydrogen-bond acceptors (Lipinski definition) is 4. The van der Waals surface area contributed by atoms with E-state index in [1.165, 1.54) is 0 Å². The second kappa shape index (κ2) is 6.11. The smallest absolute Gasteiger partial charge is 0.261 e. The van der Waals surface area contributed by atoms with Crippen molar-refractivity contribution in [2.24, 2.45) is 7.05 Å². The number of aromatic nitrogens is 2. The summed E-state index contributed by atoms with van der Waals surface area (Å²) in [6, 6.07) is 14.2. The van der Waals surface area contributed by atoms with E-state index in [0.29, 0.717) is 17.1 Å². The molecule has 3 aromatic rings. The molecule has 0 spiro atoms. The number of nitrogens with one attached hydrogen (secondary N) is 1. The Kier molecular flexibility index (Phi) is 3.76. The van der Waals surface area contributed by atoms with Gasteiger partial charge in [0.05, 0.1) is 22.2 Å². The first kappa shape index (κ1) is 16.0. The average molecular weight is 348 g/mol. The van der Waals surface area contributed by atoms with Gasteiger partial charge in [-0.05, 0) is 24.3 Å². The SMILES string of the molecule is Cn1c(NC(=O)CCN2C(=O)c3ccccc3C2=O)nc2ccccc21. The maximum absolute atomic E-state index is 12.3. The third-order valence-electron chi connectivity index (χ3n) is 4.48. The summed E-state index contributed by atoms with van der Waals surface area (Å²) >= 11 is 0. The predicted molar refractivity (Wildman–Crippen MR) is 95.8 cm³/mol. The zero-order valence-corrected chi connectivity index (χ0v) is 14.1. The van der Waals surface area contributed by atoms with E-state index in [2.05, 4.69) is 10.3 Å². The number of carbonyl (C=O) groups excluding carboxylic acids is 3. The van der Waals surface area contributed by atoms with Crippen LogP contribution in [-0.2, 0) is 11.8 Å². The van der Waals surface area contributed by atoms with Crippen LogP contribution in [0.4, 0.5) is 5.95 Å². The van der Waals surface area contributed by atoms with E-state index in [9.17, 15) is 14.4 Å². The summed E-state index contributed by atoms with van der Waals surface area (Å²) in [5.74, 6) is -0.596. The van der Waals surface area contributed by atoms with E-state index >= 15 is 0 Å². The van der Waals surface area contributed by atoms with Crippen LogP contribution in [-0.4, -0.2) is 38.7 Å². The highest BCUT2D eigenvalue weighted by Crippen LogP contribution is 2.22. The Balaban J connectivity index is 1.44. The number of fused-ring (bicyclic) bond motifs is 2. The van der Waals surface area contributed by atoms with Crippen LogP contribution in [0.25, 0.3) is 11.0 Å². The van der Waals surface area contributed by atoms with Gasteiger partial charge in [0.1, 0.15) is 0 Å². The summed E-state index contributed by atoms with van der Waals surface area (Å²) in [6.45, 7) is 0.0299. The first-order valence-electron chi connectivity index (χ1n) is 8.23. The summed E-state index contributed by atoms with van der Waals surface area (Å²) in [5.41, 5.74) is 2.45. The van der Waals surface area contributed by atoms with Crippen molar-refractivity contribution in [3.8, 4) is 0 Å². The van der Waals surface area contributed by atoms with E-state index in [4.69, 9.17) is 0 Å². The highest BCUT2D eigenvalue weighted by Gasteiger charge is 2.35. The zero-order chi connectivity index (χ0) is 18.3. The third-order valence-corrected chi connectivity index (χ3v) is 4.48. The molecule has 0 unspecified atom stereocenters. The molecular weight excluding hydrogens is 332 g/mol.